The highest BCUT2D eigenvalue weighted by Gasteiger charge is 2.01. The van der Waals surface area contributed by atoms with E-state index in [9.17, 15) is 9.18 Å². The van der Waals surface area contributed by atoms with Gasteiger partial charge < -0.3 is 9.73 Å². The second-order valence-corrected chi connectivity index (χ2v) is 4.15. The minimum absolute atomic E-state index is 0.252. The Morgan fingerprint density at radius 3 is 2.95 bits per heavy atom. The first-order valence-corrected chi connectivity index (χ1v) is 5.89. The standard InChI is InChI=1S/C15H14FNO2/c1-11-4-5-12(9-14(11)16)10-17-15(18)7-6-13-3-2-8-19-13/h2-9H,10H2,1H3,(H,17,18)/b7-6+. The molecule has 1 heterocycles. The Labute approximate surface area is 110 Å². The largest absolute Gasteiger partial charge is 0.465 e. The number of nitrogens with one attached hydrogen (secondary N) is 1. The van der Waals surface area contributed by atoms with Gasteiger partial charge in [-0.2, -0.15) is 0 Å². The Balaban J connectivity index is 1.88. The maximum atomic E-state index is 13.3. The molecule has 0 saturated heterocycles. The summed E-state index contributed by atoms with van der Waals surface area (Å²) in [6.45, 7) is 1.99. The molecule has 1 amide bonds. The van der Waals surface area contributed by atoms with Crippen LogP contribution in [0.25, 0.3) is 6.08 Å². The summed E-state index contributed by atoms with van der Waals surface area (Å²) >= 11 is 0. The minimum atomic E-state index is -0.266. The second kappa shape index (κ2) is 6.00. The zero-order chi connectivity index (χ0) is 13.7. The van der Waals surface area contributed by atoms with Gasteiger partial charge in [0, 0.05) is 12.6 Å². The zero-order valence-corrected chi connectivity index (χ0v) is 10.5. The fourth-order valence-electron chi connectivity index (χ4n) is 1.54. The summed E-state index contributed by atoms with van der Waals surface area (Å²) < 4.78 is 18.4. The Morgan fingerprint density at radius 2 is 2.26 bits per heavy atom. The number of carbonyl (C=O) groups is 1. The number of hydrogen-bond donors (Lipinski definition) is 1. The van der Waals surface area contributed by atoms with Gasteiger partial charge in [-0.25, -0.2) is 4.39 Å². The molecule has 0 fully saturated rings. The highest BCUT2D eigenvalue weighted by molar-refractivity contribution is 5.91. The molecule has 98 valence electrons. The van der Waals surface area contributed by atoms with E-state index in [0.717, 1.165) is 5.56 Å². The van der Waals surface area contributed by atoms with Crippen molar-refractivity contribution in [2.24, 2.45) is 0 Å². The lowest BCUT2D eigenvalue weighted by molar-refractivity contribution is -0.116. The van der Waals surface area contributed by atoms with E-state index in [1.54, 1.807) is 37.3 Å². The van der Waals surface area contributed by atoms with Gasteiger partial charge >= 0.3 is 0 Å². The average molecular weight is 259 g/mol. The molecule has 0 radical (unpaired) electrons. The first kappa shape index (κ1) is 13.1. The van der Waals surface area contributed by atoms with Crippen LogP contribution in [0.15, 0.2) is 47.1 Å². The van der Waals surface area contributed by atoms with Crippen LogP contribution in [0.4, 0.5) is 4.39 Å². The van der Waals surface area contributed by atoms with Crippen molar-refractivity contribution < 1.29 is 13.6 Å². The molecule has 0 atom stereocenters. The Bertz CT molecular complexity index is 588. The minimum Gasteiger partial charge on any atom is -0.465 e. The molecule has 0 aliphatic rings. The summed E-state index contributed by atoms with van der Waals surface area (Å²) in [4.78, 5) is 11.5. The summed E-state index contributed by atoms with van der Waals surface area (Å²) in [6, 6.07) is 8.39. The molecule has 2 aromatic rings. The monoisotopic (exact) mass is 259 g/mol. The predicted molar refractivity (Wildman–Crippen MR) is 70.7 cm³/mol. The Kier molecular flexibility index (Phi) is 4.13. The van der Waals surface area contributed by atoms with Crippen molar-refractivity contribution in [3.8, 4) is 0 Å². The van der Waals surface area contributed by atoms with E-state index in [1.807, 2.05) is 0 Å². The molecule has 1 N–H and O–H groups in total. The molecule has 0 bridgehead atoms. The maximum Gasteiger partial charge on any atom is 0.244 e. The van der Waals surface area contributed by atoms with Gasteiger partial charge in [0.2, 0.25) is 5.91 Å². The number of furan rings is 1. The summed E-state index contributed by atoms with van der Waals surface area (Å²) in [5.74, 6) is 0.0896. The normalized spacial score (nSPS) is 10.8. The predicted octanol–water partition coefficient (Wildman–Crippen LogP) is 3.06. The fourth-order valence-corrected chi connectivity index (χ4v) is 1.54. The van der Waals surface area contributed by atoms with Crippen LogP contribution in [0.3, 0.4) is 0 Å². The molecular formula is C15H14FNO2. The molecule has 1 aromatic carbocycles. The zero-order valence-electron chi connectivity index (χ0n) is 10.5. The van der Waals surface area contributed by atoms with Gasteiger partial charge in [-0.05, 0) is 42.3 Å². The van der Waals surface area contributed by atoms with Crippen LogP contribution in [0.1, 0.15) is 16.9 Å². The van der Waals surface area contributed by atoms with Crippen molar-refractivity contribution in [1.82, 2.24) is 5.32 Å². The number of carbonyl (C=O) groups excluding carboxylic acids is 1. The van der Waals surface area contributed by atoms with E-state index >= 15 is 0 Å². The van der Waals surface area contributed by atoms with Crippen LogP contribution in [-0.2, 0) is 11.3 Å². The summed E-state index contributed by atoms with van der Waals surface area (Å²) in [6.07, 6.45) is 4.49. The molecular weight excluding hydrogens is 245 g/mol. The number of amides is 1. The molecule has 2 rings (SSSR count). The quantitative estimate of drug-likeness (QED) is 0.857. The Hall–Kier alpha value is -2.36. The van der Waals surface area contributed by atoms with E-state index in [4.69, 9.17) is 4.42 Å². The van der Waals surface area contributed by atoms with E-state index in [1.165, 1.54) is 18.4 Å². The van der Waals surface area contributed by atoms with Crippen molar-refractivity contribution in [3.63, 3.8) is 0 Å². The van der Waals surface area contributed by atoms with Crippen LogP contribution < -0.4 is 5.32 Å². The Morgan fingerprint density at radius 1 is 1.42 bits per heavy atom. The summed E-state index contributed by atoms with van der Waals surface area (Å²) in [7, 11) is 0. The topological polar surface area (TPSA) is 42.2 Å². The van der Waals surface area contributed by atoms with Gasteiger partial charge in [-0.1, -0.05) is 12.1 Å². The van der Waals surface area contributed by atoms with Crippen LogP contribution in [0, 0.1) is 12.7 Å². The summed E-state index contributed by atoms with van der Waals surface area (Å²) in [5.41, 5.74) is 1.32. The van der Waals surface area contributed by atoms with Crippen molar-refractivity contribution in [2.45, 2.75) is 13.5 Å². The SMILES string of the molecule is Cc1ccc(CNC(=O)/C=C/c2ccco2)cc1F. The maximum absolute atomic E-state index is 13.3. The lowest BCUT2D eigenvalue weighted by atomic mass is 10.1. The molecule has 19 heavy (non-hydrogen) atoms. The fraction of sp³-hybridized carbons (Fsp3) is 0.133. The first-order valence-electron chi connectivity index (χ1n) is 5.89. The molecule has 0 spiro atoms. The average Bonchev–Trinajstić information content (AvgIpc) is 2.91. The van der Waals surface area contributed by atoms with Crippen molar-refractivity contribution in [1.29, 1.82) is 0 Å². The van der Waals surface area contributed by atoms with E-state index in [0.29, 0.717) is 17.9 Å². The summed E-state index contributed by atoms with van der Waals surface area (Å²) in [5, 5.41) is 2.67. The number of hydrogen-bond acceptors (Lipinski definition) is 2. The molecule has 0 aliphatic heterocycles. The van der Waals surface area contributed by atoms with Crippen LogP contribution in [0.2, 0.25) is 0 Å². The number of halogens is 1. The third-order valence-corrected chi connectivity index (χ3v) is 2.65. The van der Waals surface area contributed by atoms with Crippen LogP contribution in [0.5, 0.6) is 0 Å². The third-order valence-electron chi connectivity index (χ3n) is 2.65. The number of aryl methyl sites for hydroxylation is 1. The van der Waals surface area contributed by atoms with Gasteiger partial charge in [0.15, 0.2) is 0 Å². The number of rotatable bonds is 4. The highest BCUT2D eigenvalue weighted by atomic mass is 19.1. The molecule has 4 heteroatoms. The third kappa shape index (κ3) is 3.81. The van der Waals surface area contributed by atoms with Crippen LogP contribution >= 0.6 is 0 Å². The first-order chi connectivity index (χ1) is 9.15. The number of benzene rings is 1. The van der Waals surface area contributed by atoms with Gasteiger partial charge in [0.1, 0.15) is 11.6 Å². The van der Waals surface area contributed by atoms with Crippen molar-refractivity contribution >= 4 is 12.0 Å². The smallest absolute Gasteiger partial charge is 0.244 e. The molecule has 0 saturated carbocycles. The van der Waals surface area contributed by atoms with E-state index in [2.05, 4.69) is 5.32 Å². The highest BCUT2D eigenvalue weighted by Crippen LogP contribution is 2.09. The second-order valence-electron chi connectivity index (χ2n) is 4.15. The van der Waals surface area contributed by atoms with Gasteiger partial charge in [-0.15, -0.1) is 0 Å². The molecule has 3 nitrogen and oxygen atoms in total. The molecule has 1 aromatic heterocycles. The van der Waals surface area contributed by atoms with Gasteiger partial charge in [-0.3, -0.25) is 4.79 Å². The molecule has 0 aliphatic carbocycles. The lowest BCUT2D eigenvalue weighted by Crippen LogP contribution is -2.20. The molecule has 0 unspecified atom stereocenters. The van der Waals surface area contributed by atoms with Crippen molar-refractivity contribution in [2.75, 3.05) is 0 Å². The van der Waals surface area contributed by atoms with E-state index in [-0.39, 0.29) is 11.7 Å². The van der Waals surface area contributed by atoms with Gasteiger partial charge in [0.25, 0.3) is 0 Å². The van der Waals surface area contributed by atoms with Crippen molar-refractivity contribution in [3.05, 3.63) is 65.4 Å². The van der Waals surface area contributed by atoms with Gasteiger partial charge in [0.05, 0.1) is 6.26 Å². The lowest BCUT2D eigenvalue weighted by Gasteiger charge is -2.04. The van der Waals surface area contributed by atoms with E-state index < -0.39 is 0 Å². The van der Waals surface area contributed by atoms with Crippen LogP contribution in [-0.4, -0.2) is 5.91 Å².